The molecule has 1 heterocycles. The van der Waals surface area contributed by atoms with Gasteiger partial charge in [0.05, 0.1) is 28.9 Å². The number of nitriles is 1. The van der Waals surface area contributed by atoms with Crippen molar-refractivity contribution in [2.75, 3.05) is 6.61 Å². The molecule has 0 aromatic carbocycles. The molecule has 0 bridgehead atoms. The van der Waals surface area contributed by atoms with Crippen molar-refractivity contribution in [3.63, 3.8) is 0 Å². The second kappa shape index (κ2) is 9.02. The quantitative estimate of drug-likeness (QED) is 0.565. The van der Waals surface area contributed by atoms with Crippen molar-refractivity contribution < 1.29 is 34.1 Å². The van der Waals surface area contributed by atoms with Gasteiger partial charge in [0.1, 0.15) is 12.7 Å². The van der Waals surface area contributed by atoms with Crippen LogP contribution in [-0.2, 0) is 23.9 Å². The Balaban J connectivity index is 0.00000676. The molecule has 0 aromatic heterocycles. The number of carboxylic acids is 2. The predicted octanol–water partition coefficient (Wildman–Crippen LogP) is 2.51. The molecule has 2 N–H and O–H groups in total. The first-order valence-corrected chi connectivity index (χ1v) is 8.47. The van der Waals surface area contributed by atoms with E-state index in [1.807, 2.05) is 6.07 Å². The molecule has 0 aromatic rings. The highest BCUT2D eigenvalue weighted by Gasteiger charge is 2.60. The number of carbonyl (C=O) groups is 3. The minimum Gasteiger partial charge on any atom is -0.481 e. The maximum Gasteiger partial charge on any atom is 0.309 e. The Kier molecular flexibility index (Phi) is 8.47. The number of carbonyl (C=O) groups excluding carboxylic acids is 1. The standard InChI is InChI=1S/C18H27NO7.BrH/c1-9(2)14(20)25-8-11-13(18(5,6)16(23)24)12(10(7-19)26-11)17(3,4)15(21)22;/h9-13H,8H2,1-6H3,(H,21,22)(H,23,24);1H. The van der Waals surface area contributed by atoms with Crippen LogP contribution >= 0.6 is 17.0 Å². The van der Waals surface area contributed by atoms with Gasteiger partial charge in [-0.1, -0.05) is 13.8 Å². The summed E-state index contributed by atoms with van der Waals surface area (Å²) in [6.45, 7) is 8.90. The summed E-state index contributed by atoms with van der Waals surface area (Å²) in [7, 11) is 0. The van der Waals surface area contributed by atoms with Crippen LogP contribution in [0.4, 0.5) is 0 Å². The molecule has 27 heavy (non-hydrogen) atoms. The summed E-state index contributed by atoms with van der Waals surface area (Å²) in [6.07, 6.45) is -2.01. The number of carboxylic acid groups (broad SMARTS) is 2. The predicted molar refractivity (Wildman–Crippen MR) is 100 cm³/mol. The lowest BCUT2D eigenvalue weighted by molar-refractivity contribution is -0.161. The Labute approximate surface area is 169 Å². The van der Waals surface area contributed by atoms with Crippen molar-refractivity contribution in [1.82, 2.24) is 0 Å². The molecule has 0 radical (unpaired) electrons. The summed E-state index contributed by atoms with van der Waals surface area (Å²) >= 11 is 0. The molecule has 1 saturated heterocycles. The zero-order valence-corrected chi connectivity index (χ0v) is 18.1. The molecular weight excluding hydrogens is 422 g/mol. The van der Waals surface area contributed by atoms with Crippen molar-refractivity contribution in [3.05, 3.63) is 0 Å². The smallest absolute Gasteiger partial charge is 0.309 e. The van der Waals surface area contributed by atoms with Crippen molar-refractivity contribution in [3.8, 4) is 6.07 Å². The molecule has 4 atom stereocenters. The van der Waals surface area contributed by atoms with Gasteiger partial charge in [-0.3, -0.25) is 14.4 Å². The summed E-state index contributed by atoms with van der Waals surface area (Å²) in [5, 5.41) is 28.8. The third-order valence-corrected chi connectivity index (χ3v) is 5.19. The summed E-state index contributed by atoms with van der Waals surface area (Å²) < 4.78 is 10.9. The van der Waals surface area contributed by atoms with Crippen LogP contribution in [-0.4, -0.2) is 46.9 Å². The van der Waals surface area contributed by atoms with Crippen LogP contribution in [0.2, 0.25) is 0 Å². The van der Waals surface area contributed by atoms with E-state index in [2.05, 4.69) is 0 Å². The van der Waals surface area contributed by atoms with Crippen LogP contribution < -0.4 is 0 Å². The van der Waals surface area contributed by atoms with E-state index in [9.17, 15) is 29.9 Å². The molecule has 1 rings (SSSR count). The van der Waals surface area contributed by atoms with Crippen LogP contribution in [0.25, 0.3) is 0 Å². The highest BCUT2D eigenvalue weighted by Crippen LogP contribution is 2.51. The molecule has 1 aliphatic heterocycles. The molecular formula is C18H28BrNO7. The number of aliphatic carboxylic acids is 2. The van der Waals surface area contributed by atoms with E-state index in [-0.39, 0.29) is 29.5 Å². The highest BCUT2D eigenvalue weighted by atomic mass is 79.9. The largest absolute Gasteiger partial charge is 0.481 e. The van der Waals surface area contributed by atoms with Crippen LogP contribution in [0.5, 0.6) is 0 Å². The van der Waals surface area contributed by atoms with Gasteiger partial charge in [0.2, 0.25) is 0 Å². The zero-order chi connectivity index (χ0) is 20.4. The Bertz CT molecular complexity index is 624. The molecule has 1 fully saturated rings. The summed E-state index contributed by atoms with van der Waals surface area (Å²) in [5.74, 6) is -4.88. The molecule has 4 unspecified atom stereocenters. The molecule has 0 saturated carbocycles. The number of hydrogen-bond acceptors (Lipinski definition) is 6. The van der Waals surface area contributed by atoms with E-state index in [4.69, 9.17) is 9.47 Å². The number of halogens is 1. The van der Waals surface area contributed by atoms with Crippen molar-refractivity contribution in [2.45, 2.75) is 53.8 Å². The zero-order valence-electron chi connectivity index (χ0n) is 16.4. The lowest BCUT2D eigenvalue weighted by Crippen LogP contribution is -2.49. The van der Waals surface area contributed by atoms with E-state index in [1.54, 1.807) is 13.8 Å². The first-order chi connectivity index (χ1) is 11.8. The summed E-state index contributed by atoms with van der Waals surface area (Å²) in [4.78, 5) is 35.4. The first kappa shape index (κ1) is 25.3. The highest BCUT2D eigenvalue weighted by molar-refractivity contribution is 8.93. The van der Waals surface area contributed by atoms with Gasteiger partial charge in [-0.2, -0.15) is 5.26 Å². The average Bonchev–Trinajstić information content (AvgIpc) is 2.91. The number of hydrogen-bond donors (Lipinski definition) is 2. The number of rotatable bonds is 7. The van der Waals surface area contributed by atoms with E-state index in [1.165, 1.54) is 27.7 Å². The maximum atomic E-state index is 11.8. The SMILES string of the molecule is Br.CC(C)C(=O)OCC1OC(C#N)C(C(C)(C)C(=O)O)C1C(C)(C)C(=O)O. The van der Waals surface area contributed by atoms with Gasteiger partial charge in [-0.15, -0.1) is 17.0 Å². The normalized spacial score (nSPS) is 25.4. The monoisotopic (exact) mass is 449 g/mol. The van der Waals surface area contributed by atoms with Gasteiger partial charge in [-0.05, 0) is 27.7 Å². The lowest BCUT2D eigenvalue weighted by atomic mass is 9.61. The van der Waals surface area contributed by atoms with Crippen molar-refractivity contribution in [2.24, 2.45) is 28.6 Å². The van der Waals surface area contributed by atoms with E-state index in [0.717, 1.165) is 0 Å². The van der Waals surface area contributed by atoms with E-state index >= 15 is 0 Å². The van der Waals surface area contributed by atoms with Gasteiger partial charge in [0.15, 0.2) is 0 Å². The molecule has 1 aliphatic rings. The van der Waals surface area contributed by atoms with Crippen LogP contribution in [0.1, 0.15) is 41.5 Å². The Morgan fingerprint density at radius 3 is 1.89 bits per heavy atom. The molecule has 0 spiro atoms. The maximum absolute atomic E-state index is 11.8. The first-order valence-electron chi connectivity index (χ1n) is 8.47. The minimum atomic E-state index is -1.41. The van der Waals surface area contributed by atoms with Crippen LogP contribution in [0.3, 0.4) is 0 Å². The van der Waals surface area contributed by atoms with Crippen molar-refractivity contribution >= 4 is 34.9 Å². The van der Waals surface area contributed by atoms with Gasteiger partial charge >= 0.3 is 17.9 Å². The molecule has 9 heteroatoms. The van der Waals surface area contributed by atoms with E-state index in [0.29, 0.717) is 0 Å². The van der Waals surface area contributed by atoms with Gasteiger partial charge in [0.25, 0.3) is 0 Å². The topological polar surface area (TPSA) is 134 Å². The lowest BCUT2D eigenvalue weighted by Gasteiger charge is -2.39. The second-order valence-electron chi connectivity index (χ2n) is 8.11. The third-order valence-electron chi connectivity index (χ3n) is 5.19. The van der Waals surface area contributed by atoms with E-state index < -0.39 is 52.8 Å². The average molecular weight is 450 g/mol. The van der Waals surface area contributed by atoms with Crippen LogP contribution in [0.15, 0.2) is 0 Å². The van der Waals surface area contributed by atoms with Gasteiger partial charge < -0.3 is 19.7 Å². The Morgan fingerprint density at radius 1 is 1.07 bits per heavy atom. The van der Waals surface area contributed by atoms with Crippen molar-refractivity contribution in [1.29, 1.82) is 5.26 Å². The van der Waals surface area contributed by atoms with Gasteiger partial charge in [-0.25, -0.2) is 0 Å². The number of nitrogens with zero attached hydrogens (tertiary/aromatic N) is 1. The fourth-order valence-electron chi connectivity index (χ4n) is 3.39. The fraction of sp³-hybridized carbons (Fsp3) is 0.778. The molecule has 0 amide bonds. The van der Waals surface area contributed by atoms with Gasteiger partial charge in [0, 0.05) is 11.8 Å². The molecule has 8 nitrogen and oxygen atoms in total. The Hall–Kier alpha value is -1.66. The van der Waals surface area contributed by atoms with Crippen LogP contribution in [0, 0.1) is 39.9 Å². The minimum absolute atomic E-state index is 0. The summed E-state index contributed by atoms with van der Waals surface area (Å²) in [5.41, 5.74) is -2.80. The molecule has 154 valence electrons. The fourth-order valence-corrected chi connectivity index (χ4v) is 3.39. The number of ether oxygens (including phenoxy) is 2. The second-order valence-corrected chi connectivity index (χ2v) is 8.11. The third kappa shape index (κ3) is 4.99. The number of esters is 1. The Morgan fingerprint density at radius 2 is 1.52 bits per heavy atom. The molecule has 0 aliphatic carbocycles. The summed E-state index contributed by atoms with van der Waals surface area (Å²) in [6, 6.07) is 1.94.